The Bertz CT molecular complexity index is 1160. The van der Waals surface area contributed by atoms with Crippen molar-refractivity contribution >= 4 is 38.9 Å². The molecule has 0 aliphatic rings. The third-order valence-electron chi connectivity index (χ3n) is 4.17. The number of hydrogen-bond acceptors (Lipinski definition) is 5. The van der Waals surface area contributed by atoms with Crippen molar-refractivity contribution in [2.24, 2.45) is 0 Å². The van der Waals surface area contributed by atoms with Gasteiger partial charge in [-0.15, -0.1) is 0 Å². The zero-order chi connectivity index (χ0) is 21.7. The van der Waals surface area contributed by atoms with Gasteiger partial charge in [0, 0.05) is 11.4 Å². The normalized spacial score (nSPS) is 10.9. The Labute approximate surface area is 179 Å². The molecule has 0 aliphatic carbocycles. The minimum absolute atomic E-state index is 0.127. The van der Waals surface area contributed by atoms with E-state index in [9.17, 15) is 13.2 Å². The first kappa shape index (κ1) is 21.5. The second kappa shape index (κ2) is 9.06. The largest absolute Gasteiger partial charge is 0.497 e. The molecule has 0 aromatic heterocycles. The van der Waals surface area contributed by atoms with Crippen LogP contribution in [0.2, 0.25) is 5.02 Å². The summed E-state index contributed by atoms with van der Waals surface area (Å²) in [5.41, 5.74) is 0.898. The van der Waals surface area contributed by atoms with Crippen molar-refractivity contribution in [2.75, 3.05) is 24.3 Å². The van der Waals surface area contributed by atoms with Crippen LogP contribution in [-0.2, 0) is 10.0 Å². The van der Waals surface area contributed by atoms with E-state index in [4.69, 9.17) is 21.1 Å². The molecule has 0 radical (unpaired) electrons. The molecule has 0 saturated carbocycles. The molecule has 3 rings (SSSR count). The van der Waals surface area contributed by atoms with Crippen LogP contribution < -0.4 is 19.5 Å². The maximum absolute atomic E-state index is 12.9. The van der Waals surface area contributed by atoms with Crippen molar-refractivity contribution in [3.63, 3.8) is 0 Å². The number of benzene rings is 3. The number of nitrogens with one attached hydrogen (secondary N) is 2. The first-order chi connectivity index (χ1) is 14.3. The third-order valence-corrected chi connectivity index (χ3v) is 5.90. The van der Waals surface area contributed by atoms with E-state index in [0.29, 0.717) is 11.4 Å². The van der Waals surface area contributed by atoms with E-state index < -0.39 is 15.9 Å². The SMILES string of the molecule is COc1ccc(NS(=O)(=O)c2cc(NC(=O)c3ccccc3Cl)ccc2OC)cc1. The highest BCUT2D eigenvalue weighted by Crippen LogP contribution is 2.30. The molecule has 30 heavy (non-hydrogen) atoms. The van der Waals surface area contributed by atoms with Gasteiger partial charge in [0.2, 0.25) is 0 Å². The van der Waals surface area contributed by atoms with Gasteiger partial charge in [-0.3, -0.25) is 9.52 Å². The van der Waals surface area contributed by atoms with Gasteiger partial charge in [0.1, 0.15) is 16.4 Å². The van der Waals surface area contributed by atoms with E-state index >= 15 is 0 Å². The summed E-state index contributed by atoms with van der Waals surface area (Å²) in [5, 5.41) is 2.94. The van der Waals surface area contributed by atoms with Gasteiger partial charge in [0.05, 0.1) is 24.8 Å². The van der Waals surface area contributed by atoms with Crippen LogP contribution in [0.3, 0.4) is 0 Å². The zero-order valence-corrected chi connectivity index (χ0v) is 17.8. The van der Waals surface area contributed by atoms with Crippen LogP contribution in [0.1, 0.15) is 10.4 Å². The molecule has 1 amide bonds. The van der Waals surface area contributed by atoms with E-state index in [2.05, 4.69) is 10.0 Å². The first-order valence-electron chi connectivity index (χ1n) is 8.75. The predicted octanol–water partition coefficient (Wildman–Crippen LogP) is 4.41. The van der Waals surface area contributed by atoms with Crippen LogP contribution in [0.4, 0.5) is 11.4 Å². The van der Waals surface area contributed by atoms with E-state index in [1.165, 1.54) is 26.4 Å². The van der Waals surface area contributed by atoms with Gasteiger partial charge in [0.25, 0.3) is 15.9 Å². The van der Waals surface area contributed by atoms with Crippen LogP contribution in [-0.4, -0.2) is 28.5 Å². The maximum atomic E-state index is 12.9. The van der Waals surface area contributed by atoms with Crippen molar-refractivity contribution in [3.8, 4) is 11.5 Å². The Morgan fingerprint density at radius 2 is 1.57 bits per heavy atom. The maximum Gasteiger partial charge on any atom is 0.265 e. The topological polar surface area (TPSA) is 93.7 Å². The number of hydrogen-bond donors (Lipinski definition) is 2. The highest BCUT2D eigenvalue weighted by atomic mass is 35.5. The molecule has 7 nitrogen and oxygen atoms in total. The minimum Gasteiger partial charge on any atom is -0.497 e. The minimum atomic E-state index is -4.00. The summed E-state index contributed by atoms with van der Waals surface area (Å²) in [4.78, 5) is 12.4. The van der Waals surface area contributed by atoms with E-state index in [1.807, 2.05) is 0 Å². The Kier molecular flexibility index (Phi) is 6.49. The van der Waals surface area contributed by atoms with Gasteiger partial charge in [-0.2, -0.15) is 0 Å². The first-order valence-corrected chi connectivity index (χ1v) is 10.6. The van der Waals surface area contributed by atoms with Gasteiger partial charge >= 0.3 is 0 Å². The van der Waals surface area contributed by atoms with Gasteiger partial charge in [-0.05, 0) is 54.6 Å². The van der Waals surface area contributed by atoms with Crippen molar-refractivity contribution in [1.82, 2.24) is 0 Å². The van der Waals surface area contributed by atoms with E-state index in [0.717, 1.165) is 0 Å². The number of anilines is 2. The van der Waals surface area contributed by atoms with Gasteiger partial charge < -0.3 is 14.8 Å². The van der Waals surface area contributed by atoms with Crippen LogP contribution in [0, 0.1) is 0 Å². The van der Waals surface area contributed by atoms with Crippen LogP contribution in [0.5, 0.6) is 11.5 Å². The number of ether oxygens (including phenoxy) is 2. The summed E-state index contributed by atoms with van der Waals surface area (Å²) >= 11 is 6.05. The Hall–Kier alpha value is -3.23. The van der Waals surface area contributed by atoms with Gasteiger partial charge in [-0.1, -0.05) is 23.7 Å². The number of rotatable bonds is 7. The average molecular weight is 447 g/mol. The van der Waals surface area contributed by atoms with Crippen molar-refractivity contribution in [1.29, 1.82) is 0 Å². The van der Waals surface area contributed by atoms with Gasteiger partial charge in [-0.25, -0.2) is 8.42 Å². The van der Waals surface area contributed by atoms with E-state index in [-0.39, 0.29) is 26.9 Å². The van der Waals surface area contributed by atoms with Crippen molar-refractivity contribution in [2.45, 2.75) is 4.90 Å². The van der Waals surface area contributed by atoms with Gasteiger partial charge in [0.15, 0.2) is 0 Å². The Balaban J connectivity index is 1.89. The molecule has 0 fully saturated rings. The number of amides is 1. The summed E-state index contributed by atoms with van der Waals surface area (Å²) < 4.78 is 38.6. The average Bonchev–Trinajstić information content (AvgIpc) is 2.74. The summed E-state index contributed by atoms with van der Waals surface area (Å²) in [6.45, 7) is 0. The number of carbonyl (C=O) groups excluding carboxylic acids is 1. The molecule has 9 heteroatoms. The standard InChI is InChI=1S/C21H19ClN2O5S/c1-28-16-10-7-14(8-11-16)24-30(26,27)20-13-15(9-12-19(20)29-2)23-21(25)17-5-3-4-6-18(17)22/h3-13,24H,1-2H3,(H,23,25). The quantitative estimate of drug-likeness (QED) is 0.560. The molecule has 0 unspecified atom stereocenters. The number of sulfonamides is 1. The van der Waals surface area contributed by atoms with E-state index in [1.54, 1.807) is 54.6 Å². The molecule has 0 aliphatic heterocycles. The van der Waals surface area contributed by atoms with Crippen LogP contribution >= 0.6 is 11.6 Å². The number of methoxy groups -OCH3 is 2. The predicted molar refractivity (Wildman–Crippen MR) is 116 cm³/mol. The monoisotopic (exact) mass is 446 g/mol. The smallest absolute Gasteiger partial charge is 0.265 e. The van der Waals surface area contributed by atoms with Crippen molar-refractivity contribution in [3.05, 3.63) is 77.3 Å². The van der Waals surface area contributed by atoms with Crippen molar-refractivity contribution < 1.29 is 22.7 Å². The number of halogens is 1. The highest BCUT2D eigenvalue weighted by Gasteiger charge is 2.21. The Morgan fingerprint density at radius 1 is 0.900 bits per heavy atom. The number of carbonyl (C=O) groups is 1. The molecule has 0 atom stereocenters. The second-order valence-corrected chi connectivity index (χ2v) is 8.19. The van der Waals surface area contributed by atoms with Crippen LogP contribution in [0.25, 0.3) is 0 Å². The molecule has 3 aromatic rings. The fourth-order valence-corrected chi connectivity index (χ4v) is 4.15. The summed E-state index contributed by atoms with van der Waals surface area (Å²) in [5.74, 6) is 0.267. The summed E-state index contributed by atoms with van der Waals surface area (Å²) in [6.07, 6.45) is 0. The second-order valence-electron chi connectivity index (χ2n) is 6.13. The fraction of sp³-hybridized carbons (Fsp3) is 0.0952. The zero-order valence-electron chi connectivity index (χ0n) is 16.2. The summed E-state index contributed by atoms with van der Waals surface area (Å²) in [6, 6.07) is 17.3. The molecule has 3 aromatic carbocycles. The molecule has 0 saturated heterocycles. The molecular formula is C21H19ClN2O5S. The molecule has 0 bridgehead atoms. The lowest BCUT2D eigenvalue weighted by Crippen LogP contribution is -2.16. The molecule has 2 N–H and O–H groups in total. The fourth-order valence-electron chi connectivity index (χ4n) is 2.68. The highest BCUT2D eigenvalue weighted by molar-refractivity contribution is 7.92. The Morgan fingerprint density at radius 3 is 2.20 bits per heavy atom. The molecular weight excluding hydrogens is 428 g/mol. The third kappa shape index (κ3) is 4.84. The lowest BCUT2D eigenvalue weighted by atomic mass is 10.2. The van der Waals surface area contributed by atoms with Crippen LogP contribution in [0.15, 0.2) is 71.6 Å². The molecule has 0 spiro atoms. The molecule has 0 heterocycles. The lowest BCUT2D eigenvalue weighted by molar-refractivity contribution is 0.102. The lowest BCUT2D eigenvalue weighted by Gasteiger charge is -2.14. The summed E-state index contributed by atoms with van der Waals surface area (Å²) in [7, 11) is -1.11. The molecule has 156 valence electrons.